The molecular formula is C24H22Cl5NO2. The fraction of sp³-hybridized carbons (Fsp3) is 0.250. The molecule has 0 aliphatic carbocycles. The summed E-state index contributed by atoms with van der Waals surface area (Å²) in [6, 6.07) is 14.6. The molecule has 0 fully saturated rings. The minimum Gasteiger partial charge on any atom is -0.490 e. The van der Waals surface area contributed by atoms with Gasteiger partial charge in [0.2, 0.25) is 0 Å². The van der Waals surface area contributed by atoms with Gasteiger partial charge in [-0.1, -0.05) is 70.1 Å². The maximum atomic E-state index is 6.53. The van der Waals surface area contributed by atoms with Crippen molar-refractivity contribution in [2.75, 3.05) is 13.2 Å². The van der Waals surface area contributed by atoms with E-state index in [0.717, 1.165) is 24.1 Å². The van der Waals surface area contributed by atoms with Gasteiger partial charge in [-0.05, 0) is 67.4 Å². The second-order valence-corrected chi connectivity index (χ2v) is 9.05. The first kappa shape index (κ1) is 25.3. The van der Waals surface area contributed by atoms with Crippen LogP contribution in [0.2, 0.25) is 25.1 Å². The van der Waals surface area contributed by atoms with E-state index in [9.17, 15) is 0 Å². The average molecular weight is 534 g/mol. The first-order valence-electron chi connectivity index (χ1n) is 10.0. The van der Waals surface area contributed by atoms with Crippen LogP contribution < -0.4 is 14.8 Å². The van der Waals surface area contributed by atoms with Crippen molar-refractivity contribution >= 4 is 58.0 Å². The molecule has 0 unspecified atom stereocenters. The Morgan fingerprint density at radius 3 is 2.25 bits per heavy atom. The van der Waals surface area contributed by atoms with Crippen molar-refractivity contribution in [3.05, 3.63) is 90.3 Å². The standard InChI is InChI=1S/C24H22Cl5NO2/c1-2-31-23-11-15(13-30-9-8-16-6-7-17(25)12-21(16)28)10-22(29)24(23)32-14-18-19(26)4-3-5-20(18)27/h3-7,10-12,30H,2,8-9,13-14H2,1H3. The molecule has 170 valence electrons. The first-order chi connectivity index (χ1) is 15.4. The molecule has 1 N–H and O–H groups in total. The van der Waals surface area contributed by atoms with E-state index in [1.807, 2.05) is 31.2 Å². The maximum Gasteiger partial charge on any atom is 0.180 e. The Morgan fingerprint density at radius 1 is 0.812 bits per heavy atom. The van der Waals surface area contributed by atoms with E-state index in [1.165, 1.54) is 0 Å². The zero-order chi connectivity index (χ0) is 23.1. The Bertz CT molecular complexity index is 1050. The fourth-order valence-corrected chi connectivity index (χ4v) is 4.42. The van der Waals surface area contributed by atoms with Crippen molar-refractivity contribution in [1.29, 1.82) is 0 Å². The number of halogens is 5. The third-order valence-electron chi connectivity index (χ3n) is 4.71. The molecule has 0 spiro atoms. The van der Waals surface area contributed by atoms with Crippen molar-refractivity contribution in [2.45, 2.75) is 26.5 Å². The van der Waals surface area contributed by atoms with Crippen molar-refractivity contribution < 1.29 is 9.47 Å². The lowest BCUT2D eigenvalue weighted by molar-refractivity contribution is 0.269. The van der Waals surface area contributed by atoms with Crippen LogP contribution in [0.15, 0.2) is 48.5 Å². The Morgan fingerprint density at radius 2 is 1.56 bits per heavy atom. The number of nitrogens with one attached hydrogen (secondary N) is 1. The quantitative estimate of drug-likeness (QED) is 0.266. The summed E-state index contributed by atoms with van der Waals surface area (Å²) in [6.07, 6.45) is 0.780. The average Bonchev–Trinajstić information content (AvgIpc) is 2.74. The number of hydrogen-bond donors (Lipinski definition) is 1. The van der Waals surface area contributed by atoms with Gasteiger partial charge in [0.25, 0.3) is 0 Å². The second-order valence-electron chi connectivity index (χ2n) is 6.99. The molecule has 0 heterocycles. The van der Waals surface area contributed by atoms with Crippen molar-refractivity contribution in [3.8, 4) is 11.5 Å². The van der Waals surface area contributed by atoms with Gasteiger partial charge in [0.15, 0.2) is 11.5 Å². The SMILES string of the molecule is CCOc1cc(CNCCc2ccc(Cl)cc2Cl)cc(Cl)c1OCc1c(Cl)cccc1Cl. The predicted molar refractivity (Wildman–Crippen MR) is 135 cm³/mol. The van der Waals surface area contributed by atoms with Gasteiger partial charge >= 0.3 is 0 Å². The third kappa shape index (κ3) is 6.84. The molecule has 3 aromatic carbocycles. The van der Waals surface area contributed by atoms with Gasteiger partial charge in [-0.15, -0.1) is 0 Å². The van der Waals surface area contributed by atoms with E-state index < -0.39 is 0 Å². The van der Waals surface area contributed by atoms with Gasteiger partial charge in [0.05, 0.1) is 11.6 Å². The molecule has 3 rings (SSSR count). The van der Waals surface area contributed by atoms with Crippen molar-refractivity contribution in [3.63, 3.8) is 0 Å². The van der Waals surface area contributed by atoms with Crippen molar-refractivity contribution in [2.24, 2.45) is 0 Å². The maximum absolute atomic E-state index is 6.53. The molecule has 0 aromatic heterocycles. The van der Waals surface area contributed by atoms with E-state index in [-0.39, 0.29) is 6.61 Å². The summed E-state index contributed by atoms with van der Waals surface area (Å²) in [5.41, 5.74) is 2.71. The van der Waals surface area contributed by atoms with Gasteiger partial charge in [-0.3, -0.25) is 0 Å². The molecule has 0 amide bonds. The summed E-state index contributed by atoms with van der Waals surface area (Å²) in [4.78, 5) is 0. The topological polar surface area (TPSA) is 30.5 Å². The molecule has 32 heavy (non-hydrogen) atoms. The predicted octanol–water partition coefficient (Wildman–Crippen LogP) is 8.26. The highest BCUT2D eigenvalue weighted by Gasteiger charge is 2.15. The minimum absolute atomic E-state index is 0.178. The van der Waals surface area contributed by atoms with Crippen LogP contribution in [0.3, 0.4) is 0 Å². The molecular weight excluding hydrogens is 512 g/mol. The van der Waals surface area contributed by atoms with Gasteiger partial charge < -0.3 is 14.8 Å². The van der Waals surface area contributed by atoms with Crippen LogP contribution in [0.5, 0.6) is 11.5 Å². The van der Waals surface area contributed by atoms with Crippen LogP contribution in [0.4, 0.5) is 0 Å². The largest absolute Gasteiger partial charge is 0.490 e. The Kier molecular flexibility index (Phi) is 9.66. The summed E-state index contributed by atoms with van der Waals surface area (Å²) in [7, 11) is 0. The molecule has 3 nitrogen and oxygen atoms in total. The number of ether oxygens (including phenoxy) is 2. The molecule has 0 aliphatic rings. The monoisotopic (exact) mass is 531 g/mol. The van der Waals surface area contributed by atoms with E-state index in [0.29, 0.717) is 55.3 Å². The molecule has 0 bridgehead atoms. The fourth-order valence-electron chi connectivity index (χ4n) is 3.12. The van der Waals surface area contributed by atoms with Gasteiger partial charge in [-0.2, -0.15) is 0 Å². The molecule has 0 saturated heterocycles. The molecule has 3 aromatic rings. The summed E-state index contributed by atoms with van der Waals surface area (Å²) < 4.78 is 11.7. The number of benzene rings is 3. The van der Waals surface area contributed by atoms with Crippen LogP contribution in [0, 0.1) is 0 Å². The smallest absolute Gasteiger partial charge is 0.180 e. The highest BCUT2D eigenvalue weighted by Crippen LogP contribution is 2.38. The summed E-state index contributed by atoms with van der Waals surface area (Å²) >= 11 is 31.2. The molecule has 0 radical (unpaired) electrons. The van der Waals surface area contributed by atoms with E-state index in [4.69, 9.17) is 67.5 Å². The van der Waals surface area contributed by atoms with Gasteiger partial charge in [0.1, 0.15) is 6.61 Å². The zero-order valence-corrected chi connectivity index (χ0v) is 21.1. The summed E-state index contributed by atoms with van der Waals surface area (Å²) in [5, 5.41) is 6.22. The van der Waals surface area contributed by atoms with E-state index >= 15 is 0 Å². The van der Waals surface area contributed by atoms with Crippen LogP contribution >= 0.6 is 58.0 Å². The summed E-state index contributed by atoms with van der Waals surface area (Å²) in [5.74, 6) is 1.03. The molecule has 0 saturated carbocycles. The molecule has 0 atom stereocenters. The third-order valence-corrected chi connectivity index (χ3v) is 6.28. The van der Waals surface area contributed by atoms with E-state index in [2.05, 4.69) is 5.32 Å². The van der Waals surface area contributed by atoms with Gasteiger partial charge in [-0.25, -0.2) is 0 Å². The second kappa shape index (κ2) is 12.2. The van der Waals surface area contributed by atoms with Crippen LogP contribution in [0.25, 0.3) is 0 Å². The zero-order valence-electron chi connectivity index (χ0n) is 17.4. The van der Waals surface area contributed by atoms with Crippen LogP contribution in [0.1, 0.15) is 23.6 Å². The van der Waals surface area contributed by atoms with E-state index in [1.54, 1.807) is 24.3 Å². The number of hydrogen-bond acceptors (Lipinski definition) is 3. The van der Waals surface area contributed by atoms with Crippen molar-refractivity contribution in [1.82, 2.24) is 5.32 Å². The van der Waals surface area contributed by atoms with Crippen LogP contribution in [-0.2, 0) is 19.6 Å². The highest BCUT2D eigenvalue weighted by molar-refractivity contribution is 6.36. The first-order valence-corrected chi connectivity index (χ1v) is 11.9. The Labute approximate surface area is 213 Å². The summed E-state index contributed by atoms with van der Waals surface area (Å²) in [6.45, 7) is 3.92. The minimum atomic E-state index is 0.178. The van der Waals surface area contributed by atoms with Gasteiger partial charge in [0, 0.05) is 32.2 Å². The highest BCUT2D eigenvalue weighted by atomic mass is 35.5. The normalized spacial score (nSPS) is 10.9. The lowest BCUT2D eigenvalue weighted by atomic mass is 10.1. The Balaban J connectivity index is 1.65. The lowest BCUT2D eigenvalue weighted by Gasteiger charge is -2.16. The lowest BCUT2D eigenvalue weighted by Crippen LogP contribution is -2.17. The van der Waals surface area contributed by atoms with Crippen LogP contribution in [-0.4, -0.2) is 13.2 Å². The number of rotatable bonds is 10. The Hall–Kier alpha value is -1.33. The molecule has 0 aliphatic heterocycles. The molecule has 8 heteroatoms.